The number of carbonyl (C=O) groups excluding carboxylic acids is 1. The number of amides is 1. The van der Waals surface area contributed by atoms with Gasteiger partial charge in [0.15, 0.2) is 10.9 Å². The molecule has 0 unspecified atom stereocenters. The Morgan fingerprint density at radius 1 is 1.60 bits per heavy atom. The van der Waals surface area contributed by atoms with E-state index in [1.165, 1.54) is 4.88 Å². The van der Waals surface area contributed by atoms with E-state index in [1.807, 2.05) is 0 Å². The summed E-state index contributed by atoms with van der Waals surface area (Å²) in [4.78, 5) is 17.7. The summed E-state index contributed by atoms with van der Waals surface area (Å²) in [6, 6.07) is 3.14. The minimum atomic E-state index is -0.330. The van der Waals surface area contributed by atoms with Gasteiger partial charge in [-0.3, -0.25) is 10.1 Å². The Hall–Kier alpha value is -1.66. The molecule has 20 heavy (non-hydrogen) atoms. The number of carbonyl (C=O) groups is 1. The fourth-order valence-corrected chi connectivity index (χ4v) is 3.50. The summed E-state index contributed by atoms with van der Waals surface area (Å²) in [6.45, 7) is 2.02. The van der Waals surface area contributed by atoms with Crippen LogP contribution in [0.4, 0.5) is 5.13 Å². The van der Waals surface area contributed by atoms with Gasteiger partial charge >= 0.3 is 0 Å². The van der Waals surface area contributed by atoms with Crippen LogP contribution < -0.4 is 5.32 Å². The minimum absolute atomic E-state index is 0.190. The number of anilines is 1. The molecule has 5 nitrogen and oxygen atoms in total. The number of fused-ring (bicyclic) bond motifs is 1. The van der Waals surface area contributed by atoms with Crippen molar-refractivity contribution < 1.29 is 14.3 Å². The van der Waals surface area contributed by atoms with Gasteiger partial charge in [0.2, 0.25) is 0 Å². The zero-order valence-corrected chi connectivity index (χ0v) is 12.0. The fraction of sp³-hybridized carbons (Fsp3) is 0.429. The van der Waals surface area contributed by atoms with Crippen LogP contribution >= 0.6 is 11.3 Å². The van der Waals surface area contributed by atoms with Gasteiger partial charge in [-0.15, -0.1) is 11.3 Å². The average molecular weight is 292 g/mol. The van der Waals surface area contributed by atoms with E-state index in [9.17, 15) is 4.79 Å². The van der Waals surface area contributed by atoms with Gasteiger partial charge < -0.3 is 9.52 Å². The monoisotopic (exact) mass is 292 g/mol. The Bertz CT molecular complexity index is 632. The van der Waals surface area contributed by atoms with Crippen LogP contribution in [0.15, 0.2) is 16.5 Å². The van der Waals surface area contributed by atoms with Crippen LogP contribution in [0.2, 0.25) is 0 Å². The highest BCUT2D eigenvalue weighted by Gasteiger charge is 2.21. The molecule has 0 aliphatic heterocycles. The first-order chi connectivity index (χ1) is 9.65. The van der Waals surface area contributed by atoms with Crippen LogP contribution in [0, 0.1) is 5.92 Å². The van der Waals surface area contributed by atoms with Crippen molar-refractivity contribution in [2.45, 2.75) is 32.8 Å². The molecule has 0 saturated carbocycles. The van der Waals surface area contributed by atoms with E-state index in [0.29, 0.717) is 16.8 Å². The molecule has 0 bridgehead atoms. The number of hydrogen-bond donors (Lipinski definition) is 2. The third-order valence-corrected chi connectivity index (χ3v) is 4.48. The largest absolute Gasteiger partial charge is 0.453 e. The van der Waals surface area contributed by atoms with Crippen LogP contribution in [-0.4, -0.2) is 16.0 Å². The summed E-state index contributed by atoms with van der Waals surface area (Å²) in [5.41, 5.74) is 1.11. The summed E-state index contributed by atoms with van der Waals surface area (Å²) in [6.07, 6.45) is 3.18. The van der Waals surface area contributed by atoms with Crippen molar-refractivity contribution in [1.82, 2.24) is 4.98 Å². The maximum atomic E-state index is 12.0. The molecule has 2 aromatic heterocycles. The van der Waals surface area contributed by atoms with E-state index in [-0.39, 0.29) is 18.3 Å². The molecule has 0 fully saturated rings. The molecule has 0 saturated heterocycles. The lowest BCUT2D eigenvalue weighted by molar-refractivity contribution is 0.0992. The number of aryl methyl sites for hydroxylation is 1. The van der Waals surface area contributed by atoms with Crippen molar-refractivity contribution in [2.24, 2.45) is 5.92 Å². The molecule has 106 valence electrons. The Morgan fingerprint density at radius 2 is 2.45 bits per heavy atom. The average Bonchev–Trinajstić information content (AvgIpc) is 3.03. The van der Waals surface area contributed by atoms with Crippen LogP contribution in [0.25, 0.3) is 0 Å². The molecule has 0 aromatic carbocycles. The number of aliphatic hydroxyl groups excluding tert-OH is 1. The van der Waals surface area contributed by atoms with Crippen molar-refractivity contribution in [3.8, 4) is 0 Å². The van der Waals surface area contributed by atoms with Crippen molar-refractivity contribution >= 4 is 22.4 Å². The lowest BCUT2D eigenvalue weighted by Crippen LogP contribution is -2.11. The second-order valence-electron chi connectivity index (χ2n) is 5.12. The molecule has 6 heteroatoms. The van der Waals surface area contributed by atoms with E-state index < -0.39 is 0 Å². The number of rotatable bonds is 3. The predicted octanol–water partition coefficient (Wildman–Crippen LogP) is 2.61. The van der Waals surface area contributed by atoms with E-state index in [0.717, 1.165) is 25.0 Å². The van der Waals surface area contributed by atoms with Gasteiger partial charge in [-0.1, -0.05) is 6.92 Å². The van der Waals surface area contributed by atoms with Gasteiger partial charge in [0, 0.05) is 4.88 Å². The highest BCUT2D eigenvalue weighted by molar-refractivity contribution is 7.15. The van der Waals surface area contributed by atoms with Gasteiger partial charge in [-0.05, 0) is 37.3 Å². The standard InChI is InChI=1S/C14H16N2O3S/c1-8-2-4-10-12(6-8)20-14(15-10)16-13(18)11-5-3-9(7-17)19-11/h3,5,8,17H,2,4,6-7H2,1H3,(H,15,16,18)/t8-/m0/s1. The van der Waals surface area contributed by atoms with Crippen LogP contribution in [-0.2, 0) is 19.4 Å². The normalized spacial score (nSPS) is 17.8. The van der Waals surface area contributed by atoms with Gasteiger partial charge in [0.05, 0.1) is 5.69 Å². The Kier molecular flexibility index (Phi) is 3.58. The van der Waals surface area contributed by atoms with E-state index >= 15 is 0 Å². The number of nitrogens with one attached hydrogen (secondary N) is 1. The topological polar surface area (TPSA) is 75.4 Å². The molecule has 2 N–H and O–H groups in total. The summed E-state index contributed by atoms with van der Waals surface area (Å²) in [5.74, 6) is 0.922. The Balaban J connectivity index is 1.73. The number of aromatic nitrogens is 1. The molecule has 1 amide bonds. The minimum Gasteiger partial charge on any atom is -0.453 e. The first-order valence-electron chi connectivity index (χ1n) is 6.65. The molecule has 3 rings (SSSR count). The molecule has 2 aromatic rings. The number of furan rings is 1. The number of nitrogens with zero attached hydrogens (tertiary/aromatic N) is 1. The number of thiazole rings is 1. The molecule has 0 spiro atoms. The van der Waals surface area contributed by atoms with Gasteiger partial charge in [0.25, 0.3) is 5.91 Å². The molecular weight excluding hydrogens is 276 g/mol. The highest BCUT2D eigenvalue weighted by Crippen LogP contribution is 2.32. The molecule has 1 aliphatic carbocycles. The van der Waals surface area contributed by atoms with E-state index in [1.54, 1.807) is 23.5 Å². The van der Waals surface area contributed by atoms with Crippen molar-refractivity contribution in [3.05, 3.63) is 34.2 Å². The van der Waals surface area contributed by atoms with Crippen molar-refractivity contribution in [3.63, 3.8) is 0 Å². The van der Waals surface area contributed by atoms with Gasteiger partial charge in [-0.2, -0.15) is 0 Å². The zero-order chi connectivity index (χ0) is 14.1. The molecule has 1 aliphatic rings. The third-order valence-electron chi connectivity index (χ3n) is 3.45. The first-order valence-corrected chi connectivity index (χ1v) is 7.47. The molecule has 0 radical (unpaired) electrons. The van der Waals surface area contributed by atoms with Crippen LogP contribution in [0.1, 0.15) is 40.2 Å². The number of aliphatic hydroxyl groups is 1. The highest BCUT2D eigenvalue weighted by atomic mass is 32.1. The summed E-state index contributed by atoms with van der Waals surface area (Å²) >= 11 is 1.54. The predicted molar refractivity (Wildman–Crippen MR) is 75.9 cm³/mol. The number of hydrogen-bond acceptors (Lipinski definition) is 5. The lowest BCUT2D eigenvalue weighted by atomic mass is 9.93. The first kappa shape index (κ1) is 13.3. The van der Waals surface area contributed by atoms with E-state index in [2.05, 4.69) is 17.2 Å². The van der Waals surface area contributed by atoms with E-state index in [4.69, 9.17) is 9.52 Å². The zero-order valence-electron chi connectivity index (χ0n) is 11.2. The van der Waals surface area contributed by atoms with Crippen LogP contribution in [0.3, 0.4) is 0 Å². The maximum Gasteiger partial charge on any atom is 0.293 e. The van der Waals surface area contributed by atoms with Crippen molar-refractivity contribution in [2.75, 3.05) is 5.32 Å². The molecule has 1 atom stereocenters. The third kappa shape index (κ3) is 2.62. The summed E-state index contributed by atoms with van der Waals surface area (Å²) in [5, 5.41) is 12.3. The van der Waals surface area contributed by atoms with Gasteiger partial charge in [-0.25, -0.2) is 4.98 Å². The smallest absolute Gasteiger partial charge is 0.293 e. The van der Waals surface area contributed by atoms with Gasteiger partial charge in [0.1, 0.15) is 12.4 Å². The molecule has 2 heterocycles. The fourth-order valence-electron chi connectivity index (χ4n) is 2.34. The maximum absolute atomic E-state index is 12.0. The Morgan fingerprint density at radius 3 is 3.20 bits per heavy atom. The second-order valence-corrected chi connectivity index (χ2v) is 6.20. The van der Waals surface area contributed by atoms with Crippen molar-refractivity contribution in [1.29, 1.82) is 0 Å². The quantitative estimate of drug-likeness (QED) is 0.911. The second kappa shape index (κ2) is 5.38. The summed E-state index contributed by atoms with van der Waals surface area (Å²) in [7, 11) is 0. The SMILES string of the molecule is C[C@H]1CCc2nc(NC(=O)c3ccc(CO)o3)sc2C1. The van der Waals surface area contributed by atoms with Crippen LogP contribution in [0.5, 0.6) is 0 Å². The Labute approximate surface area is 120 Å². The molecular formula is C14H16N2O3S. The summed E-state index contributed by atoms with van der Waals surface area (Å²) < 4.78 is 5.20. The lowest BCUT2D eigenvalue weighted by Gasteiger charge is -2.15.